The highest BCUT2D eigenvalue weighted by Gasteiger charge is 2.14. The van der Waals surface area contributed by atoms with E-state index in [4.69, 9.17) is 5.11 Å². The van der Waals surface area contributed by atoms with Crippen LogP contribution in [0.2, 0.25) is 0 Å². The van der Waals surface area contributed by atoms with Crippen LogP contribution in [-0.2, 0) is 4.79 Å². The number of hydrogen-bond acceptors (Lipinski definition) is 3. The minimum Gasteiger partial charge on any atom is -0.481 e. The number of carbonyl (C=O) groups excluding carboxylic acids is 1. The zero-order valence-corrected chi connectivity index (χ0v) is 11.5. The highest BCUT2D eigenvalue weighted by atomic mass is 16.4. The number of carboxylic acid groups (broad SMARTS) is 1. The average molecular weight is 267 g/mol. The number of nitrogens with one attached hydrogen (secondary N) is 2. The van der Waals surface area contributed by atoms with Crippen LogP contribution >= 0.6 is 0 Å². The molecule has 0 radical (unpaired) electrons. The minimum absolute atomic E-state index is 0.103. The van der Waals surface area contributed by atoms with Gasteiger partial charge in [0.2, 0.25) is 0 Å². The van der Waals surface area contributed by atoms with Gasteiger partial charge < -0.3 is 10.4 Å². The van der Waals surface area contributed by atoms with E-state index in [-0.39, 0.29) is 12.3 Å². The Morgan fingerprint density at radius 1 is 1.21 bits per heavy atom. The van der Waals surface area contributed by atoms with Crippen LogP contribution in [0.4, 0.5) is 0 Å². The van der Waals surface area contributed by atoms with Crippen LogP contribution < -0.4 is 5.32 Å². The van der Waals surface area contributed by atoms with Gasteiger partial charge in [-0.15, -0.1) is 0 Å². The molecular formula is C13H21N3O3. The molecule has 6 nitrogen and oxygen atoms in total. The number of H-pyrrole nitrogens is 1. The third kappa shape index (κ3) is 5.11. The van der Waals surface area contributed by atoms with Crippen LogP contribution in [0.1, 0.15) is 53.8 Å². The zero-order valence-electron chi connectivity index (χ0n) is 11.5. The number of carbonyl (C=O) groups is 2. The van der Waals surface area contributed by atoms with Crippen molar-refractivity contribution in [1.29, 1.82) is 0 Å². The standard InChI is InChI=1S/C13H21N3O3/c1-9-12(10(2)16-15-9)13(19)14-8-6-4-3-5-7-11(17)18/h3-8H2,1-2H3,(H,14,19)(H,15,16)(H,17,18). The lowest BCUT2D eigenvalue weighted by molar-refractivity contribution is -0.137. The van der Waals surface area contributed by atoms with Crippen molar-refractivity contribution in [3.63, 3.8) is 0 Å². The van der Waals surface area contributed by atoms with Crippen molar-refractivity contribution in [2.24, 2.45) is 0 Å². The highest BCUT2D eigenvalue weighted by molar-refractivity contribution is 5.96. The number of nitrogens with zero attached hydrogens (tertiary/aromatic N) is 1. The van der Waals surface area contributed by atoms with Crippen molar-refractivity contribution < 1.29 is 14.7 Å². The molecule has 19 heavy (non-hydrogen) atoms. The molecule has 0 spiro atoms. The molecule has 106 valence electrons. The number of amides is 1. The largest absolute Gasteiger partial charge is 0.481 e. The van der Waals surface area contributed by atoms with E-state index in [0.717, 1.165) is 25.0 Å². The molecular weight excluding hydrogens is 246 g/mol. The Kier molecular flexibility index (Phi) is 6.05. The first-order valence-electron chi connectivity index (χ1n) is 6.54. The van der Waals surface area contributed by atoms with Crippen LogP contribution in [-0.4, -0.2) is 33.7 Å². The van der Waals surface area contributed by atoms with E-state index in [0.29, 0.717) is 24.2 Å². The van der Waals surface area contributed by atoms with Crippen molar-refractivity contribution in [3.8, 4) is 0 Å². The van der Waals surface area contributed by atoms with E-state index in [9.17, 15) is 9.59 Å². The van der Waals surface area contributed by atoms with Gasteiger partial charge in [0, 0.05) is 18.7 Å². The summed E-state index contributed by atoms with van der Waals surface area (Å²) >= 11 is 0. The van der Waals surface area contributed by atoms with Gasteiger partial charge in [0.05, 0.1) is 11.3 Å². The quantitative estimate of drug-likeness (QED) is 0.626. The maximum absolute atomic E-state index is 11.9. The van der Waals surface area contributed by atoms with Gasteiger partial charge in [0.25, 0.3) is 5.91 Å². The maximum Gasteiger partial charge on any atom is 0.303 e. The number of carboxylic acids is 1. The monoisotopic (exact) mass is 267 g/mol. The molecule has 0 saturated carbocycles. The number of aromatic amines is 1. The van der Waals surface area contributed by atoms with E-state index in [1.807, 2.05) is 6.92 Å². The molecule has 0 aliphatic heterocycles. The summed E-state index contributed by atoms with van der Waals surface area (Å²) in [6.45, 7) is 4.22. The molecule has 1 aromatic rings. The lowest BCUT2D eigenvalue weighted by Gasteiger charge is -2.05. The predicted octanol–water partition coefficient (Wildman–Crippen LogP) is 1.79. The van der Waals surface area contributed by atoms with Crippen LogP contribution in [0.5, 0.6) is 0 Å². The number of hydrogen-bond donors (Lipinski definition) is 3. The molecule has 0 saturated heterocycles. The lowest BCUT2D eigenvalue weighted by atomic mass is 10.1. The van der Waals surface area contributed by atoms with Crippen molar-refractivity contribution in [2.75, 3.05) is 6.54 Å². The van der Waals surface area contributed by atoms with Crippen LogP contribution in [0, 0.1) is 13.8 Å². The summed E-state index contributed by atoms with van der Waals surface area (Å²) in [6, 6.07) is 0. The summed E-state index contributed by atoms with van der Waals surface area (Å²) in [7, 11) is 0. The molecule has 0 aromatic carbocycles. The predicted molar refractivity (Wildman–Crippen MR) is 71.1 cm³/mol. The number of aliphatic carboxylic acids is 1. The van der Waals surface area contributed by atoms with Gasteiger partial charge in [-0.05, 0) is 26.7 Å². The first kappa shape index (κ1) is 15.2. The van der Waals surface area contributed by atoms with Gasteiger partial charge in [0.1, 0.15) is 0 Å². The number of unbranched alkanes of at least 4 members (excludes halogenated alkanes) is 3. The fourth-order valence-corrected chi connectivity index (χ4v) is 1.93. The Morgan fingerprint density at radius 2 is 1.89 bits per heavy atom. The van der Waals surface area contributed by atoms with Gasteiger partial charge in [-0.3, -0.25) is 14.7 Å². The summed E-state index contributed by atoms with van der Waals surface area (Å²) in [4.78, 5) is 22.2. The van der Waals surface area contributed by atoms with Gasteiger partial charge in [-0.1, -0.05) is 12.8 Å². The summed E-state index contributed by atoms with van der Waals surface area (Å²) < 4.78 is 0. The SMILES string of the molecule is Cc1n[nH]c(C)c1C(=O)NCCCCCCC(=O)O. The summed E-state index contributed by atoms with van der Waals surface area (Å²) in [6.07, 6.45) is 3.59. The third-order valence-electron chi connectivity index (χ3n) is 2.96. The van der Waals surface area contributed by atoms with E-state index in [1.165, 1.54) is 0 Å². The smallest absolute Gasteiger partial charge is 0.303 e. The fraction of sp³-hybridized carbons (Fsp3) is 0.615. The van der Waals surface area contributed by atoms with Crippen molar-refractivity contribution in [1.82, 2.24) is 15.5 Å². The summed E-state index contributed by atoms with van der Waals surface area (Å²) in [5.74, 6) is -0.853. The van der Waals surface area contributed by atoms with E-state index in [1.54, 1.807) is 6.92 Å². The molecule has 0 unspecified atom stereocenters. The Balaban J connectivity index is 2.16. The van der Waals surface area contributed by atoms with Crippen molar-refractivity contribution in [2.45, 2.75) is 46.0 Å². The van der Waals surface area contributed by atoms with Gasteiger partial charge in [0.15, 0.2) is 0 Å². The second-order valence-corrected chi connectivity index (χ2v) is 4.62. The molecule has 0 aliphatic rings. The van der Waals surface area contributed by atoms with E-state index < -0.39 is 5.97 Å². The van der Waals surface area contributed by atoms with Crippen LogP contribution in [0.15, 0.2) is 0 Å². The molecule has 1 rings (SSSR count). The zero-order chi connectivity index (χ0) is 14.3. The Hall–Kier alpha value is -1.85. The first-order valence-corrected chi connectivity index (χ1v) is 6.54. The minimum atomic E-state index is -0.751. The van der Waals surface area contributed by atoms with Crippen molar-refractivity contribution in [3.05, 3.63) is 17.0 Å². The number of rotatable bonds is 8. The summed E-state index contributed by atoms with van der Waals surface area (Å²) in [5, 5.41) is 18.1. The second-order valence-electron chi connectivity index (χ2n) is 4.62. The number of aromatic nitrogens is 2. The lowest BCUT2D eigenvalue weighted by Crippen LogP contribution is -2.25. The molecule has 0 aliphatic carbocycles. The van der Waals surface area contributed by atoms with Gasteiger partial charge in [-0.2, -0.15) is 5.10 Å². The van der Waals surface area contributed by atoms with Gasteiger partial charge in [-0.25, -0.2) is 0 Å². The Morgan fingerprint density at radius 3 is 2.47 bits per heavy atom. The number of aryl methyl sites for hydroxylation is 2. The third-order valence-corrected chi connectivity index (χ3v) is 2.96. The van der Waals surface area contributed by atoms with Crippen LogP contribution in [0.3, 0.4) is 0 Å². The van der Waals surface area contributed by atoms with Crippen molar-refractivity contribution >= 4 is 11.9 Å². The average Bonchev–Trinajstić information content (AvgIpc) is 2.67. The van der Waals surface area contributed by atoms with Gasteiger partial charge >= 0.3 is 5.97 Å². The maximum atomic E-state index is 11.9. The second kappa shape index (κ2) is 7.56. The topological polar surface area (TPSA) is 95.1 Å². The normalized spacial score (nSPS) is 10.4. The Labute approximate surface area is 112 Å². The molecule has 6 heteroatoms. The molecule has 1 amide bonds. The molecule has 1 aromatic heterocycles. The van der Waals surface area contributed by atoms with E-state index >= 15 is 0 Å². The highest BCUT2D eigenvalue weighted by Crippen LogP contribution is 2.09. The first-order chi connectivity index (χ1) is 9.02. The molecule has 0 bridgehead atoms. The fourth-order valence-electron chi connectivity index (χ4n) is 1.93. The van der Waals surface area contributed by atoms with Crippen LogP contribution in [0.25, 0.3) is 0 Å². The van der Waals surface area contributed by atoms with E-state index in [2.05, 4.69) is 15.5 Å². The molecule has 0 atom stereocenters. The molecule has 0 fully saturated rings. The molecule has 3 N–H and O–H groups in total. The molecule has 1 heterocycles. The summed E-state index contributed by atoms with van der Waals surface area (Å²) in [5.41, 5.74) is 2.10. The Bertz CT molecular complexity index is 421.